The van der Waals surface area contributed by atoms with Gasteiger partial charge < -0.3 is 14.6 Å². The van der Waals surface area contributed by atoms with Gasteiger partial charge in [-0.15, -0.1) is 0 Å². The Bertz CT molecular complexity index is 802. The van der Waals surface area contributed by atoms with E-state index in [0.29, 0.717) is 19.4 Å². The van der Waals surface area contributed by atoms with Crippen molar-refractivity contribution in [2.75, 3.05) is 6.54 Å². The average molecular weight is 330 g/mol. The molecule has 0 bridgehead atoms. The SMILES string of the molecule is O=C(O)C1CCCN1C(=O)c1ccc(-n2ccnc2)c([N+](=O)[O-])c1. The monoisotopic (exact) mass is 330 g/mol. The number of nitro groups is 1. The molecule has 9 nitrogen and oxygen atoms in total. The van der Waals surface area contributed by atoms with Crippen LogP contribution in [0.1, 0.15) is 23.2 Å². The molecule has 2 heterocycles. The Hall–Kier alpha value is -3.23. The second kappa shape index (κ2) is 6.11. The first-order valence-electron chi connectivity index (χ1n) is 7.29. The lowest BCUT2D eigenvalue weighted by atomic mass is 10.1. The predicted octanol–water partition coefficient (Wildman–Crippen LogP) is 1.47. The van der Waals surface area contributed by atoms with E-state index in [4.69, 9.17) is 0 Å². The number of nitro benzene ring substituents is 1. The molecular weight excluding hydrogens is 316 g/mol. The summed E-state index contributed by atoms with van der Waals surface area (Å²) in [6, 6.07) is 3.21. The molecule has 0 saturated carbocycles. The molecule has 1 aromatic carbocycles. The van der Waals surface area contributed by atoms with Gasteiger partial charge in [-0.05, 0) is 25.0 Å². The molecule has 24 heavy (non-hydrogen) atoms. The Kier molecular flexibility index (Phi) is 3.98. The van der Waals surface area contributed by atoms with E-state index in [2.05, 4.69) is 4.98 Å². The minimum atomic E-state index is -1.06. The van der Waals surface area contributed by atoms with Crippen LogP contribution in [-0.4, -0.2) is 48.9 Å². The van der Waals surface area contributed by atoms with Crippen LogP contribution in [0.25, 0.3) is 5.69 Å². The first kappa shape index (κ1) is 15.7. The zero-order chi connectivity index (χ0) is 17.3. The van der Waals surface area contributed by atoms with Crippen LogP contribution in [0, 0.1) is 10.1 Å². The van der Waals surface area contributed by atoms with Crippen LogP contribution >= 0.6 is 0 Å². The van der Waals surface area contributed by atoms with Crippen molar-refractivity contribution in [3.8, 4) is 5.69 Å². The highest BCUT2D eigenvalue weighted by Crippen LogP contribution is 2.27. The van der Waals surface area contributed by atoms with E-state index in [1.807, 2.05) is 0 Å². The first-order valence-corrected chi connectivity index (χ1v) is 7.29. The summed E-state index contributed by atoms with van der Waals surface area (Å²) >= 11 is 0. The van der Waals surface area contributed by atoms with Crippen LogP contribution in [0.4, 0.5) is 5.69 Å². The summed E-state index contributed by atoms with van der Waals surface area (Å²) in [5.74, 6) is -1.58. The van der Waals surface area contributed by atoms with E-state index in [0.717, 1.165) is 0 Å². The topological polar surface area (TPSA) is 119 Å². The Labute approximate surface area is 136 Å². The van der Waals surface area contributed by atoms with E-state index in [1.165, 1.54) is 40.2 Å². The van der Waals surface area contributed by atoms with E-state index >= 15 is 0 Å². The van der Waals surface area contributed by atoms with Gasteiger partial charge in [0.2, 0.25) is 0 Å². The number of hydrogen-bond donors (Lipinski definition) is 1. The first-order chi connectivity index (χ1) is 11.5. The number of aromatic nitrogens is 2. The summed E-state index contributed by atoms with van der Waals surface area (Å²) < 4.78 is 1.47. The number of imidazole rings is 1. The minimum Gasteiger partial charge on any atom is -0.480 e. The van der Waals surface area contributed by atoms with Crippen molar-refractivity contribution in [3.63, 3.8) is 0 Å². The van der Waals surface area contributed by atoms with Gasteiger partial charge in [0.25, 0.3) is 11.6 Å². The lowest BCUT2D eigenvalue weighted by Gasteiger charge is -2.21. The van der Waals surface area contributed by atoms with Crippen molar-refractivity contribution in [2.45, 2.75) is 18.9 Å². The van der Waals surface area contributed by atoms with E-state index in [9.17, 15) is 24.8 Å². The molecule has 9 heteroatoms. The van der Waals surface area contributed by atoms with Crippen LogP contribution in [0.3, 0.4) is 0 Å². The highest BCUT2D eigenvalue weighted by Gasteiger charge is 2.35. The number of amides is 1. The molecule has 1 atom stereocenters. The largest absolute Gasteiger partial charge is 0.480 e. The molecule has 1 aliphatic rings. The van der Waals surface area contributed by atoms with Gasteiger partial charge in [0, 0.05) is 30.6 Å². The lowest BCUT2D eigenvalue weighted by Crippen LogP contribution is -2.40. The summed E-state index contributed by atoms with van der Waals surface area (Å²) in [6.07, 6.45) is 5.45. The van der Waals surface area contributed by atoms with Gasteiger partial charge in [-0.2, -0.15) is 0 Å². The van der Waals surface area contributed by atoms with Crippen molar-refractivity contribution < 1.29 is 19.6 Å². The molecule has 1 fully saturated rings. The predicted molar refractivity (Wildman–Crippen MR) is 81.9 cm³/mol. The second-order valence-corrected chi connectivity index (χ2v) is 5.43. The maximum absolute atomic E-state index is 12.6. The van der Waals surface area contributed by atoms with E-state index in [-0.39, 0.29) is 16.9 Å². The number of rotatable bonds is 4. The van der Waals surface area contributed by atoms with Crippen molar-refractivity contribution in [2.24, 2.45) is 0 Å². The van der Waals surface area contributed by atoms with Crippen molar-refractivity contribution >= 4 is 17.6 Å². The summed E-state index contributed by atoms with van der Waals surface area (Å²) in [5.41, 5.74) is 0.133. The van der Waals surface area contributed by atoms with Gasteiger partial charge in [-0.3, -0.25) is 14.9 Å². The highest BCUT2D eigenvalue weighted by atomic mass is 16.6. The zero-order valence-electron chi connectivity index (χ0n) is 12.5. The normalized spacial score (nSPS) is 17.0. The number of nitrogens with zero attached hydrogens (tertiary/aromatic N) is 4. The number of aliphatic carboxylic acids is 1. The van der Waals surface area contributed by atoms with E-state index < -0.39 is 22.8 Å². The number of likely N-dealkylation sites (tertiary alicyclic amines) is 1. The highest BCUT2D eigenvalue weighted by molar-refractivity contribution is 5.97. The van der Waals surface area contributed by atoms with E-state index in [1.54, 1.807) is 6.20 Å². The molecule has 1 aromatic heterocycles. The third-order valence-electron chi connectivity index (χ3n) is 4.00. The molecule has 124 valence electrons. The Morgan fingerprint density at radius 1 is 1.38 bits per heavy atom. The molecule has 0 radical (unpaired) electrons. The number of carboxylic acid groups (broad SMARTS) is 1. The van der Waals surface area contributed by atoms with Gasteiger partial charge in [-0.25, -0.2) is 9.78 Å². The van der Waals surface area contributed by atoms with Crippen LogP contribution in [0.5, 0.6) is 0 Å². The molecular formula is C15H14N4O5. The van der Waals surface area contributed by atoms with Gasteiger partial charge in [0.15, 0.2) is 0 Å². The minimum absolute atomic E-state index is 0.0960. The molecule has 1 N–H and O–H groups in total. The summed E-state index contributed by atoms with van der Waals surface area (Å²) in [7, 11) is 0. The van der Waals surface area contributed by atoms with Crippen LogP contribution in [0.2, 0.25) is 0 Å². The maximum Gasteiger partial charge on any atom is 0.326 e. The van der Waals surface area contributed by atoms with Crippen molar-refractivity contribution in [3.05, 3.63) is 52.6 Å². The standard InChI is InChI=1S/C15H14N4O5/c20-14(18-6-1-2-12(18)15(21)22)10-3-4-11(13(8-10)19(23)24)17-7-5-16-9-17/h3-5,7-9,12H,1-2,6H2,(H,21,22). The van der Waals surface area contributed by atoms with Crippen molar-refractivity contribution in [1.82, 2.24) is 14.5 Å². The number of benzene rings is 1. The smallest absolute Gasteiger partial charge is 0.326 e. The molecule has 1 saturated heterocycles. The van der Waals surface area contributed by atoms with Crippen LogP contribution in [0.15, 0.2) is 36.9 Å². The van der Waals surface area contributed by atoms with Gasteiger partial charge in [0.05, 0.1) is 11.3 Å². The third kappa shape index (κ3) is 2.71. The quantitative estimate of drug-likeness (QED) is 0.670. The zero-order valence-corrected chi connectivity index (χ0v) is 12.5. The average Bonchev–Trinajstić information content (AvgIpc) is 3.24. The second-order valence-electron chi connectivity index (χ2n) is 5.43. The molecule has 1 unspecified atom stereocenters. The van der Waals surface area contributed by atoms with Crippen LogP contribution in [-0.2, 0) is 4.79 Å². The van der Waals surface area contributed by atoms with Crippen molar-refractivity contribution in [1.29, 1.82) is 0 Å². The molecule has 1 amide bonds. The number of carboxylic acids is 1. The Balaban J connectivity index is 1.97. The Morgan fingerprint density at radius 3 is 2.79 bits per heavy atom. The third-order valence-corrected chi connectivity index (χ3v) is 4.00. The Morgan fingerprint density at radius 2 is 2.17 bits per heavy atom. The fraction of sp³-hybridized carbons (Fsp3) is 0.267. The molecule has 1 aliphatic heterocycles. The van der Waals surface area contributed by atoms with Crippen LogP contribution < -0.4 is 0 Å². The molecule has 0 spiro atoms. The number of carbonyl (C=O) groups excluding carboxylic acids is 1. The lowest BCUT2D eigenvalue weighted by molar-refractivity contribution is -0.384. The van der Waals surface area contributed by atoms with Gasteiger partial charge in [0.1, 0.15) is 11.7 Å². The molecule has 3 rings (SSSR count). The fourth-order valence-electron chi connectivity index (χ4n) is 2.86. The maximum atomic E-state index is 12.6. The summed E-state index contributed by atoms with van der Waals surface area (Å²) in [4.78, 5) is 39.6. The van der Waals surface area contributed by atoms with Gasteiger partial charge in [-0.1, -0.05) is 0 Å². The molecule has 0 aliphatic carbocycles. The number of carbonyl (C=O) groups is 2. The number of hydrogen-bond acceptors (Lipinski definition) is 5. The summed E-state index contributed by atoms with van der Waals surface area (Å²) in [5, 5.41) is 20.5. The van der Waals surface area contributed by atoms with Gasteiger partial charge >= 0.3 is 5.97 Å². The fourth-order valence-corrected chi connectivity index (χ4v) is 2.86. The molecule has 2 aromatic rings. The summed E-state index contributed by atoms with van der Waals surface area (Å²) in [6.45, 7) is 0.326.